The van der Waals surface area contributed by atoms with Crippen LogP contribution in [0.1, 0.15) is 30.2 Å². The van der Waals surface area contributed by atoms with E-state index >= 15 is 0 Å². The lowest BCUT2D eigenvalue weighted by Gasteiger charge is -2.25. The van der Waals surface area contributed by atoms with Crippen molar-refractivity contribution in [2.75, 3.05) is 5.06 Å². The lowest BCUT2D eigenvalue weighted by Crippen LogP contribution is -2.26. The molecular formula is C21H18N2O. The number of benzene rings is 3. The summed E-state index contributed by atoms with van der Waals surface area (Å²) < 4.78 is 0. The fourth-order valence-corrected chi connectivity index (χ4v) is 2.99. The van der Waals surface area contributed by atoms with E-state index in [0.717, 1.165) is 22.6 Å². The number of hydroxylamine groups is 1. The Morgan fingerprint density at radius 2 is 1.50 bits per heavy atom. The third-order valence-corrected chi connectivity index (χ3v) is 4.02. The molecule has 3 aromatic carbocycles. The number of nitriles is 1. The monoisotopic (exact) mass is 314 g/mol. The van der Waals surface area contributed by atoms with Crippen LogP contribution < -0.4 is 9.90 Å². The maximum absolute atomic E-state index is 9.50. The number of fused-ring (bicyclic) bond motifs is 1. The van der Waals surface area contributed by atoms with Gasteiger partial charge in [0.25, 0.3) is 0 Å². The first-order valence-corrected chi connectivity index (χ1v) is 7.48. The first kappa shape index (κ1) is 15.6. The maximum Gasteiger partial charge on any atom is 0.162 e. The van der Waals surface area contributed by atoms with Gasteiger partial charge in [-0.25, -0.2) is 0 Å². The van der Waals surface area contributed by atoms with Crippen molar-refractivity contribution < 1.29 is 4.84 Å². The Morgan fingerprint density at radius 1 is 0.833 bits per heavy atom. The lowest BCUT2D eigenvalue weighted by molar-refractivity contribution is 0.293. The summed E-state index contributed by atoms with van der Waals surface area (Å²) in [5, 5.41) is 11.4. The Morgan fingerprint density at radius 3 is 2.17 bits per heavy atom. The first-order chi connectivity index (χ1) is 11.4. The summed E-state index contributed by atoms with van der Waals surface area (Å²) in [6.07, 6.45) is 0. The molecule has 0 spiro atoms. The molecule has 1 aliphatic rings. The van der Waals surface area contributed by atoms with Crippen molar-refractivity contribution in [2.45, 2.75) is 13.5 Å². The normalized spacial score (nSPS) is 15.0. The molecule has 0 radical (unpaired) electrons. The van der Waals surface area contributed by atoms with Gasteiger partial charge in [0, 0.05) is 5.56 Å². The van der Waals surface area contributed by atoms with Crippen molar-refractivity contribution in [3.05, 3.63) is 95.6 Å². The van der Waals surface area contributed by atoms with Crippen molar-refractivity contribution in [3.8, 4) is 11.8 Å². The average molecular weight is 314 g/mol. The minimum atomic E-state index is -0.135. The van der Waals surface area contributed by atoms with E-state index in [1.165, 1.54) is 0 Å². The second-order valence-corrected chi connectivity index (χ2v) is 5.40. The van der Waals surface area contributed by atoms with E-state index < -0.39 is 0 Å². The summed E-state index contributed by atoms with van der Waals surface area (Å²) in [5.74, 6) is 0.738. The van der Waals surface area contributed by atoms with Gasteiger partial charge in [-0.1, -0.05) is 62.0 Å². The molecule has 3 heteroatoms. The molecule has 0 saturated carbocycles. The predicted octanol–water partition coefficient (Wildman–Crippen LogP) is 5.10. The van der Waals surface area contributed by atoms with E-state index in [-0.39, 0.29) is 13.5 Å². The van der Waals surface area contributed by atoms with E-state index in [4.69, 9.17) is 4.84 Å². The smallest absolute Gasteiger partial charge is 0.162 e. The van der Waals surface area contributed by atoms with Crippen LogP contribution in [0, 0.1) is 11.3 Å². The van der Waals surface area contributed by atoms with E-state index in [2.05, 4.69) is 18.2 Å². The van der Waals surface area contributed by atoms with Crippen LogP contribution in [0.15, 0.2) is 78.9 Å². The standard InChI is InChI=1S/C20H14N2O.CH4/c21-14-16-10-7-13-18-19(16)20(15-8-3-1-4-9-15)22(23-18)17-11-5-2-6-12-17;/h1-13,20H;1H4. The fraction of sp³-hybridized carbons (Fsp3) is 0.0952. The van der Waals surface area contributed by atoms with Gasteiger partial charge >= 0.3 is 0 Å². The number of para-hydroxylation sites is 1. The third kappa shape index (κ3) is 2.49. The molecule has 0 N–H and O–H groups in total. The quantitative estimate of drug-likeness (QED) is 0.660. The molecule has 3 aromatic rings. The van der Waals surface area contributed by atoms with Gasteiger partial charge in [0.15, 0.2) is 5.75 Å². The highest BCUT2D eigenvalue weighted by atomic mass is 16.7. The van der Waals surface area contributed by atoms with Crippen LogP contribution in [0.25, 0.3) is 0 Å². The molecule has 4 rings (SSSR count). The molecule has 3 nitrogen and oxygen atoms in total. The minimum absolute atomic E-state index is 0. The van der Waals surface area contributed by atoms with Crippen LogP contribution in [0.2, 0.25) is 0 Å². The second-order valence-electron chi connectivity index (χ2n) is 5.40. The van der Waals surface area contributed by atoms with Gasteiger partial charge in [0.1, 0.15) is 6.04 Å². The van der Waals surface area contributed by atoms with Crippen molar-refractivity contribution in [1.29, 1.82) is 5.26 Å². The van der Waals surface area contributed by atoms with Crippen LogP contribution in [0.4, 0.5) is 5.69 Å². The largest absolute Gasteiger partial charge is 0.378 e. The summed E-state index contributed by atoms with van der Waals surface area (Å²) in [4.78, 5) is 6.08. The molecule has 1 heterocycles. The molecule has 0 amide bonds. The Labute approximate surface area is 142 Å². The minimum Gasteiger partial charge on any atom is -0.378 e. The van der Waals surface area contributed by atoms with Crippen molar-refractivity contribution >= 4 is 5.69 Å². The lowest BCUT2D eigenvalue weighted by atomic mass is 9.94. The molecule has 1 aliphatic heterocycles. The molecule has 0 saturated heterocycles. The van der Waals surface area contributed by atoms with Crippen molar-refractivity contribution in [3.63, 3.8) is 0 Å². The number of rotatable bonds is 2. The highest BCUT2D eigenvalue weighted by molar-refractivity contribution is 5.61. The maximum atomic E-state index is 9.50. The molecule has 118 valence electrons. The Bertz CT molecular complexity index is 869. The van der Waals surface area contributed by atoms with Crippen LogP contribution in [0.3, 0.4) is 0 Å². The molecule has 1 atom stereocenters. The van der Waals surface area contributed by atoms with Gasteiger partial charge in [-0.2, -0.15) is 10.3 Å². The van der Waals surface area contributed by atoms with Crippen molar-refractivity contribution in [2.24, 2.45) is 0 Å². The van der Waals surface area contributed by atoms with Crippen LogP contribution in [-0.4, -0.2) is 0 Å². The second kappa shape index (κ2) is 6.47. The van der Waals surface area contributed by atoms with Gasteiger partial charge in [0.05, 0.1) is 17.3 Å². The zero-order valence-electron chi connectivity index (χ0n) is 12.4. The summed E-state index contributed by atoms with van der Waals surface area (Å²) >= 11 is 0. The van der Waals surface area contributed by atoms with Crippen LogP contribution in [-0.2, 0) is 0 Å². The van der Waals surface area contributed by atoms with E-state index in [9.17, 15) is 5.26 Å². The van der Waals surface area contributed by atoms with Crippen molar-refractivity contribution in [1.82, 2.24) is 0 Å². The number of nitrogens with zero attached hydrogens (tertiary/aromatic N) is 2. The molecule has 0 aliphatic carbocycles. The van der Waals surface area contributed by atoms with Gasteiger partial charge in [0.2, 0.25) is 0 Å². The summed E-state index contributed by atoms with van der Waals surface area (Å²) in [6, 6.07) is 27.8. The molecule has 24 heavy (non-hydrogen) atoms. The Balaban J connectivity index is 0.00000169. The highest BCUT2D eigenvalue weighted by Crippen LogP contribution is 2.45. The molecule has 1 unspecified atom stereocenters. The highest BCUT2D eigenvalue weighted by Gasteiger charge is 2.36. The third-order valence-electron chi connectivity index (χ3n) is 4.02. The Hall–Kier alpha value is -3.25. The SMILES string of the molecule is C.N#Cc1cccc2c1C(c1ccccc1)N(c1ccccc1)O2. The van der Waals surface area contributed by atoms with E-state index in [1.54, 1.807) is 0 Å². The van der Waals surface area contributed by atoms with Gasteiger partial charge < -0.3 is 4.84 Å². The molecular weight excluding hydrogens is 296 g/mol. The summed E-state index contributed by atoms with van der Waals surface area (Å²) in [5.41, 5.74) is 3.62. The molecule has 0 fully saturated rings. The summed E-state index contributed by atoms with van der Waals surface area (Å²) in [7, 11) is 0. The predicted molar refractivity (Wildman–Crippen MR) is 95.7 cm³/mol. The van der Waals surface area contributed by atoms with Gasteiger partial charge in [-0.3, -0.25) is 0 Å². The van der Waals surface area contributed by atoms with E-state index in [0.29, 0.717) is 5.56 Å². The Kier molecular flexibility index (Phi) is 4.22. The number of hydrogen-bond acceptors (Lipinski definition) is 3. The zero-order valence-corrected chi connectivity index (χ0v) is 12.4. The first-order valence-electron chi connectivity index (χ1n) is 7.48. The zero-order chi connectivity index (χ0) is 15.6. The fourth-order valence-electron chi connectivity index (χ4n) is 2.99. The van der Waals surface area contributed by atoms with E-state index in [1.807, 2.05) is 71.8 Å². The van der Waals surface area contributed by atoms with Gasteiger partial charge in [-0.05, 0) is 29.8 Å². The topological polar surface area (TPSA) is 36.3 Å². The van der Waals surface area contributed by atoms with Crippen LogP contribution >= 0.6 is 0 Å². The number of hydrogen-bond donors (Lipinski definition) is 0. The van der Waals surface area contributed by atoms with Crippen LogP contribution in [0.5, 0.6) is 5.75 Å². The number of anilines is 1. The average Bonchev–Trinajstić information content (AvgIpc) is 3.03. The van der Waals surface area contributed by atoms with Gasteiger partial charge in [-0.15, -0.1) is 0 Å². The molecule has 0 aromatic heterocycles. The molecule has 0 bridgehead atoms. The summed E-state index contributed by atoms with van der Waals surface area (Å²) in [6.45, 7) is 0.